The molecule has 0 radical (unpaired) electrons. The van der Waals surface area contributed by atoms with Crippen molar-refractivity contribution in [3.8, 4) is 0 Å². The lowest BCUT2D eigenvalue weighted by Crippen LogP contribution is -2.23. The topological polar surface area (TPSA) is 67.2 Å². The summed E-state index contributed by atoms with van der Waals surface area (Å²) in [6.07, 6.45) is 3.21. The molecule has 0 aliphatic heterocycles. The first kappa shape index (κ1) is 15.8. The number of furan rings is 1. The van der Waals surface area contributed by atoms with E-state index in [-0.39, 0.29) is 5.91 Å². The molecule has 0 aliphatic carbocycles. The minimum absolute atomic E-state index is 0.231. The molecule has 0 saturated carbocycles. The molecular formula is C19H19N3O2. The monoisotopic (exact) mass is 321 g/mol. The number of aryl methyl sites for hydroxylation is 1. The number of nitrogens with one attached hydrogen (secondary N) is 2. The molecule has 122 valence electrons. The van der Waals surface area contributed by atoms with Crippen molar-refractivity contribution in [1.29, 1.82) is 0 Å². The highest BCUT2D eigenvalue weighted by molar-refractivity contribution is 5.93. The Bertz CT molecular complexity index is 813. The number of pyridine rings is 1. The SMILES string of the molecule is Cc1ccccc1CNc1ccnc(C(=O)NCc2ccco2)c1. The molecule has 0 aliphatic rings. The Morgan fingerprint density at radius 2 is 2.00 bits per heavy atom. The number of rotatable bonds is 6. The molecule has 24 heavy (non-hydrogen) atoms. The first-order chi connectivity index (χ1) is 11.7. The third kappa shape index (κ3) is 4.01. The van der Waals surface area contributed by atoms with E-state index in [4.69, 9.17) is 4.42 Å². The lowest BCUT2D eigenvalue weighted by molar-refractivity contribution is 0.0943. The number of hydrogen-bond acceptors (Lipinski definition) is 4. The van der Waals surface area contributed by atoms with Gasteiger partial charge in [0.15, 0.2) is 0 Å². The van der Waals surface area contributed by atoms with Gasteiger partial charge in [-0.2, -0.15) is 0 Å². The van der Waals surface area contributed by atoms with Crippen LogP contribution in [0.25, 0.3) is 0 Å². The Balaban J connectivity index is 1.61. The molecule has 3 rings (SSSR count). The van der Waals surface area contributed by atoms with E-state index >= 15 is 0 Å². The number of aromatic nitrogens is 1. The largest absolute Gasteiger partial charge is 0.467 e. The second-order valence-corrected chi connectivity index (χ2v) is 5.47. The van der Waals surface area contributed by atoms with E-state index in [2.05, 4.69) is 34.7 Å². The molecule has 2 N–H and O–H groups in total. The maximum absolute atomic E-state index is 12.2. The van der Waals surface area contributed by atoms with Gasteiger partial charge in [-0.25, -0.2) is 0 Å². The van der Waals surface area contributed by atoms with Crippen LogP contribution in [0.15, 0.2) is 65.4 Å². The lowest BCUT2D eigenvalue weighted by atomic mass is 10.1. The van der Waals surface area contributed by atoms with Gasteiger partial charge in [-0.15, -0.1) is 0 Å². The summed E-state index contributed by atoms with van der Waals surface area (Å²) in [5.74, 6) is 0.475. The predicted molar refractivity (Wildman–Crippen MR) is 92.6 cm³/mol. The summed E-state index contributed by atoms with van der Waals surface area (Å²) in [4.78, 5) is 16.3. The van der Waals surface area contributed by atoms with Gasteiger partial charge in [0.1, 0.15) is 11.5 Å². The molecule has 5 nitrogen and oxygen atoms in total. The third-order valence-electron chi connectivity index (χ3n) is 3.74. The van der Waals surface area contributed by atoms with Gasteiger partial charge in [0.2, 0.25) is 0 Å². The fourth-order valence-corrected chi connectivity index (χ4v) is 2.34. The Morgan fingerprint density at radius 1 is 1.12 bits per heavy atom. The number of benzene rings is 1. The highest BCUT2D eigenvalue weighted by Gasteiger charge is 2.08. The number of hydrogen-bond donors (Lipinski definition) is 2. The molecule has 1 amide bonds. The standard InChI is InChI=1S/C19H19N3O2/c1-14-5-2-3-6-15(14)12-21-16-8-9-20-18(11-16)19(23)22-13-17-7-4-10-24-17/h2-11H,12-13H2,1H3,(H,20,21)(H,22,23). The Hall–Kier alpha value is -3.08. The van der Waals surface area contributed by atoms with Crippen LogP contribution in [0.5, 0.6) is 0 Å². The van der Waals surface area contributed by atoms with Gasteiger partial charge >= 0.3 is 0 Å². The van der Waals surface area contributed by atoms with Crippen molar-refractivity contribution in [2.45, 2.75) is 20.0 Å². The fraction of sp³-hybridized carbons (Fsp3) is 0.158. The third-order valence-corrected chi connectivity index (χ3v) is 3.74. The smallest absolute Gasteiger partial charge is 0.270 e. The second-order valence-electron chi connectivity index (χ2n) is 5.47. The number of amides is 1. The van der Waals surface area contributed by atoms with E-state index in [1.807, 2.05) is 24.3 Å². The molecule has 2 heterocycles. The van der Waals surface area contributed by atoms with Crippen molar-refractivity contribution >= 4 is 11.6 Å². The lowest BCUT2D eigenvalue weighted by Gasteiger charge is -2.10. The highest BCUT2D eigenvalue weighted by atomic mass is 16.3. The van der Waals surface area contributed by atoms with Crippen LogP contribution in [0.4, 0.5) is 5.69 Å². The number of carbonyl (C=O) groups is 1. The van der Waals surface area contributed by atoms with Crippen LogP contribution in [0.3, 0.4) is 0 Å². The van der Waals surface area contributed by atoms with Crippen molar-refractivity contribution in [3.05, 3.63) is 83.6 Å². The van der Waals surface area contributed by atoms with E-state index in [0.29, 0.717) is 24.5 Å². The summed E-state index contributed by atoms with van der Waals surface area (Å²) in [6, 6.07) is 15.4. The normalized spacial score (nSPS) is 10.4. The van der Waals surface area contributed by atoms with Crippen molar-refractivity contribution in [2.75, 3.05) is 5.32 Å². The van der Waals surface area contributed by atoms with Gasteiger partial charge in [-0.05, 0) is 42.3 Å². The van der Waals surface area contributed by atoms with E-state index in [9.17, 15) is 4.79 Å². The van der Waals surface area contributed by atoms with E-state index in [1.165, 1.54) is 11.1 Å². The number of anilines is 1. The van der Waals surface area contributed by atoms with Crippen molar-refractivity contribution in [3.63, 3.8) is 0 Å². The van der Waals surface area contributed by atoms with E-state index < -0.39 is 0 Å². The zero-order valence-corrected chi connectivity index (χ0v) is 13.5. The van der Waals surface area contributed by atoms with Crippen LogP contribution in [-0.4, -0.2) is 10.9 Å². The highest BCUT2D eigenvalue weighted by Crippen LogP contribution is 2.13. The Labute approximate surface area is 140 Å². The van der Waals surface area contributed by atoms with Gasteiger partial charge in [0.25, 0.3) is 5.91 Å². The zero-order valence-electron chi connectivity index (χ0n) is 13.5. The maximum Gasteiger partial charge on any atom is 0.270 e. The first-order valence-corrected chi connectivity index (χ1v) is 7.77. The summed E-state index contributed by atoms with van der Waals surface area (Å²) >= 11 is 0. The molecule has 0 fully saturated rings. The van der Waals surface area contributed by atoms with Gasteiger partial charge in [0.05, 0.1) is 12.8 Å². The molecule has 2 aromatic heterocycles. The van der Waals surface area contributed by atoms with E-state index in [0.717, 1.165) is 5.69 Å². The van der Waals surface area contributed by atoms with Crippen LogP contribution in [-0.2, 0) is 13.1 Å². The summed E-state index contributed by atoms with van der Waals surface area (Å²) in [6.45, 7) is 3.12. The molecule has 0 unspecified atom stereocenters. The van der Waals surface area contributed by atoms with Gasteiger partial charge in [-0.3, -0.25) is 9.78 Å². The van der Waals surface area contributed by atoms with E-state index in [1.54, 1.807) is 24.6 Å². The Kier molecular flexibility index (Phi) is 4.91. The van der Waals surface area contributed by atoms with Crippen LogP contribution in [0, 0.1) is 6.92 Å². The van der Waals surface area contributed by atoms with Crippen LogP contribution >= 0.6 is 0 Å². The van der Waals surface area contributed by atoms with Crippen molar-refractivity contribution < 1.29 is 9.21 Å². The summed E-state index contributed by atoms with van der Waals surface area (Å²) in [5.41, 5.74) is 3.68. The van der Waals surface area contributed by atoms with Crippen LogP contribution in [0.1, 0.15) is 27.4 Å². The molecule has 1 aromatic carbocycles. The summed E-state index contributed by atoms with van der Waals surface area (Å²) in [7, 11) is 0. The molecule has 0 bridgehead atoms. The van der Waals surface area contributed by atoms with Gasteiger partial charge in [0, 0.05) is 18.4 Å². The first-order valence-electron chi connectivity index (χ1n) is 7.77. The van der Waals surface area contributed by atoms with Crippen molar-refractivity contribution in [1.82, 2.24) is 10.3 Å². The van der Waals surface area contributed by atoms with Crippen LogP contribution in [0.2, 0.25) is 0 Å². The van der Waals surface area contributed by atoms with Gasteiger partial charge < -0.3 is 15.1 Å². The quantitative estimate of drug-likeness (QED) is 0.729. The fourth-order valence-electron chi connectivity index (χ4n) is 2.34. The Morgan fingerprint density at radius 3 is 2.79 bits per heavy atom. The van der Waals surface area contributed by atoms with Crippen LogP contribution < -0.4 is 10.6 Å². The molecule has 5 heteroatoms. The summed E-state index contributed by atoms with van der Waals surface area (Å²) < 4.78 is 5.19. The summed E-state index contributed by atoms with van der Waals surface area (Å²) in [5, 5.41) is 6.12. The predicted octanol–water partition coefficient (Wildman–Crippen LogP) is 3.53. The minimum Gasteiger partial charge on any atom is -0.467 e. The second kappa shape index (κ2) is 7.46. The number of carbonyl (C=O) groups excluding carboxylic acids is 1. The molecule has 3 aromatic rings. The molecular weight excluding hydrogens is 302 g/mol. The molecule has 0 saturated heterocycles. The zero-order chi connectivity index (χ0) is 16.8. The average Bonchev–Trinajstić information content (AvgIpc) is 3.13. The number of nitrogens with zero attached hydrogens (tertiary/aromatic N) is 1. The van der Waals surface area contributed by atoms with Gasteiger partial charge in [-0.1, -0.05) is 24.3 Å². The molecule has 0 spiro atoms. The average molecular weight is 321 g/mol. The van der Waals surface area contributed by atoms with Crippen molar-refractivity contribution in [2.24, 2.45) is 0 Å². The molecule has 0 atom stereocenters. The maximum atomic E-state index is 12.2. The minimum atomic E-state index is -0.231.